The van der Waals surface area contributed by atoms with Gasteiger partial charge in [-0.25, -0.2) is 4.79 Å². The Kier molecular flexibility index (Phi) is 5.63. The number of ketones is 1. The second-order valence-electron chi connectivity index (χ2n) is 8.62. The number of carbonyl (C=O) groups is 2. The quantitative estimate of drug-likeness (QED) is 0.484. The highest BCUT2D eigenvalue weighted by molar-refractivity contribution is 6.13. The lowest BCUT2D eigenvalue weighted by Gasteiger charge is -2.45. The summed E-state index contributed by atoms with van der Waals surface area (Å²) >= 11 is 0. The molecule has 2 aromatic carbocycles. The molecule has 2 aliphatic rings. The van der Waals surface area contributed by atoms with Gasteiger partial charge in [-0.05, 0) is 48.7 Å². The van der Waals surface area contributed by atoms with Crippen molar-refractivity contribution in [3.63, 3.8) is 0 Å². The van der Waals surface area contributed by atoms with Gasteiger partial charge in [0.15, 0.2) is 5.78 Å². The molecule has 0 fully saturated rings. The van der Waals surface area contributed by atoms with Gasteiger partial charge < -0.3 is 0 Å². The van der Waals surface area contributed by atoms with Crippen molar-refractivity contribution in [3.05, 3.63) is 88.8 Å². The molecule has 7 nitrogen and oxygen atoms in total. The Morgan fingerprint density at radius 1 is 1.06 bits per heavy atom. The number of nitrogens with zero attached hydrogens (tertiary/aromatic N) is 5. The molecule has 0 radical (unpaired) electrons. The van der Waals surface area contributed by atoms with Crippen molar-refractivity contribution >= 4 is 23.3 Å². The highest BCUT2D eigenvalue weighted by atomic mass is 19.4. The maximum atomic E-state index is 14.1. The lowest BCUT2D eigenvalue weighted by molar-refractivity contribution is -0.137. The summed E-state index contributed by atoms with van der Waals surface area (Å²) in [6.45, 7) is 0. The molecule has 0 N–H and O–H groups in total. The number of benzene rings is 2. The van der Waals surface area contributed by atoms with Crippen LogP contribution in [-0.2, 0) is 18.0 Å². The van der Waals surface area contributed by atoms with Gasteiger partial charge in [-0.1, -0.05) is 18.2 Å². The Labute approximate surface area is 204 Å². The third-order valence-electron chi connectivity index (χ3n) is 6.46. The average molecular weight is 491 g/mol. The molecule has 0 saturated carbocycles. The number of nitriles is 1. The smallest absolute Gasteiger partial charge is 0.294 e. The molecule has 0 spiro atoms. The Morgan fingerprint density at radius 2 is 1.81 bits per heavy atom. The van der Waals surface area contributed by atoms with E-state index in [1.54, 1.807) is 37.4 Å². The van der Waals surface area contributed by atoms with Crippen molar-refractivity contribution in [1.82, 2.24) is 9.78 Å². The van der Waals surface area contributed by atoms with Crippen LogP contribution in [0.1, 0.15) is 42.0 Å². The molecule has 2 heterocycles. The number of urea groups is 1. The number of aromatic nitrogens is 2. The van der Waals surface area contributed by atoms with Crippen molar-refractivity contribution in [2.75, 3.05) is 9.80 Å². The van der Waals surface area contributed by atoms with E-state index < -0.39 is 23.8 Å². The molecular weight excluding hydrogens is 471 g/mol. The SMILES string of the molecule is Cn1nccc1N1C(=O)N(c2cccc(C(F)(F)F)c2)C2=C(C(=O)CCC2)C1c1ccc(C#N)cc1. The number of carbonyl (C=O) groups excluding carboxylic acids is 2. The molecule has 5 rings (SSSR count). The standard InChI is InChI=1S/C26H20F3N5O2/c1-32-22(12-13-31-32)34-24(17-10-8-16(15-30)9-11-17)23-20(6-3-7-21(23)35)33(25(34)36)19-5-2-4-18(14-19)26(27,28)29/h2,4-5,8-14,24H,3,6-7H2,1H3. The summed E-state index contributed by atoms with van der Waals surface area (Å²) < 4.78 is 42.0. The minimum atomic E-state index is -4.60. The molecule has 0 bridgehead atoms. The lowest BCUT2D eigenvalue weighted by atomic mass is 9.83. The summed E-state index contributed by atoms with van der Waals surface area (Å²) in [5, 5.41) is 13.4. The molecule has 1 aromatic heterocycles. The number of Topliss-reactive ketones (excluding diaryl/α,β-unsaturated/α-hetero) is 1. The molecule has 1 atom stereocenters. The van der Waals surface area contributed by atoms with Crippen molar-refractivity contribution in [1.29, 1.82) is 5.26 Å². The maximum Gasteiger partial charge on any atom is 0.416 e. The maximum absolute atomic E-state index is 14.1. The molecular formula is C26H20F3N5O2. The largest absolute Gasteiger partial charge is 0.416 e. The van der Waals surface area contributed by atoms with Gasteiger partial charge in [0.2, 0.25) is 0 Å². The summed E-state index contributed by atoms with van der Waals surface area (Å²) in [5.74, 6) is 0.193. The first-order valence-corrected chi connectivity index (χ1v) is 11.3. The Morgan fingerprint density at radius 3 is 2.44 bits per heavy atom. The monoisotopic (exact) mass is 491 g/mol. The summed E-state index contributed by atoms with van der Waals surface area (Å²) in [6, 6.07) is 13.4. The first-order valence-electron chi connectivity index (χ1n) is 11.3. The van der Waals surface area contributed by atoms with Crippen molar-refractivity contribution in [3.8, 4) is 6.07 Å². The number of allylic oxidation sites excluding steroid dienone is 1. The van der Waals surface area contributed by atoms with E-state index in [-0.39, 0.29) is 17.9 Å². The van der Waals surface area contributed by atoms with Crippen LogP contribution in [0.25, 0.3) is 0 Å². The van der Waals surface area contributed by atoms with Gasteiger partial charge in [0.25, 0.3) is 0 Å². The summed E-state index contributed by atoms with van der Waals surface area (Å²) in [7, 11) is 1.64. The fraction of sp³-hybridized carbons (Fsp3) is 0.231. The highest BCUT2D eigenvalue weighted by Gasteiger charge is 2.46. The highest BCUT2D eigenvalue weighted by Crippen LogP contribution is 2.46. The van der Waals surface area contributed by atoms with Crippen LogP contribution in [0.3, 0.4) is 0 Å². The topological polar surface area (TPSA) is 82.2 Å². The van der Waals surface area contributed by atoms with Crippen LogP contribution in [0.2, 0.25) is 0 Å². The zero-order chi connectivity index (χ0) is 25.6. The van der Waals surface area contributed by atoms with E-state index in [1.807, 2.05) is 0 Å². The number of halogens is 3. The van der Waals surface area contributed by atoms with Gasteiger partial charge in [-0.15, -0.1) is 0 Å². The van der Waals surface area contributed by atoms with Crippen LogP contribution in [0.15, 0.2) is 72.1 Å². The lowest BCUT2D eigenvalue weighted by Crippen LogP contribution is -2.53. The fourth-order valence-electron chi connectivity index (χ4n) is 4.83. The van der Waals surface area contributed by atoms with E-state index in [1.165, 1.54) is 32.8 Å². The van der Waals surface area contributed by atoms with Crippen molar-refractivity contribution in [2.45, 2.75) is 31.5 Å². The van der Waals surface area contributed by atoms with Crippen LogP contribution in [0, 0.1) is 11.3 Å². The molecule has 3 aromatic rings. The van der Waals surface area contributed by atoms with Crippen LogP contribution in [0.4, 0.5) is 29.5 Å². The van der Waals surface area contributed by atoms with E-state index in [0.29, 0.717) is 41.1 Å². The number of alkyl halides is 3. The van der Waals surface area contributed by atoms with Crippen LogP contribution >= 0.6 is 0 Å². The molecule has 1 aliphatic heterocycles. The van der Waals surface area contributed by atoms with Crippen molar-refractivity contribution < 1.29 is 22.8 Å². The minimum absolute atomic E-state index is 0.0301. The Balaban J connectivity index is 1.77. The molecule has 1 aliphatic carbocycles. The first-order chi connectivity index (χ1) is 17.2. The summed E-state index contributed by atoms with van der Waals surface area (Å²) in [5.41, 5.74) is 0.908. The number of rotatable bonds is 3. The zero-order valence-electron chi connectivity index (χ0n) is 19.2. The molecule has 1 unspecified atom stereocenters. The van der Waals surface area contributed by atoms with E-state index in [2.05, 4.69) is 11.2 Å². The van der Waals surface area contributed by atoms with E-state index in [9.17, 15) is 28.0 Å². The molecule has 0 saturated heterocycles. The van der Waals surface area contributed by atoms with Crippen LogP contribution in [0.5, 0.6) is 0 Å². The summed E-state index contributed by atoms with van der Waals surface area (Å²) in [4.78, 5) is 30.1. The second-order valence-corrected chi connectivity index (χ2v) is 8.62. The fourth-order valence-corrected chi connectivity index (χ4v) is 4.83. The third kappa shape index (κ3) is 3.82. The number of hydrogen-bond donors (Lipinski definition) is 0. The van der Waals surface area contributed by atoms with Gasteiger partial charge in [0.1, 0.15) is 5.82 Å². The first kappa shape index (κ1) is 23.4. The Hall–Kier alpha value is -4.39. The second kappa shape index (κ2) is 8.68. The van der Waals surface area contributed by atoms with Gasteiger partial charge in [0, 0.05) is 30.8 Å². The Bertz CT molecular complexity index is 1430. The van der Waals surface area contributed by atoms with E-state index in [0.717, 1.165) is 12.1 Å². The molecule has 182 valence electrons. The average Bonchev–Trinajstić information content (AvgIpc) is 3.28. The summed E-state index contributed by atoms with van der Waals surface area (Å²) in [6.07, 6.45) is -2.00. The van der Waals surface area contributed by atoms with Gasteiger partial charge in [0.05, 0.1) is 35.1 Å². The van der Waals surface area contributed by atoms with E-state index in [4.69, 9.17) is 0 Å². The van der Waals surface area contributed by atoms with Crippen LogP contribution < -0.4 is 9.80 Å². The van der Waals surface area contributed by atoms with Gasteiger partial charge in [-0.2, -0.15) is 23.5 Å². The zero-order valence-corrected chi connectivity index (χ0v) is 19.2. The minimum Gasteiger partial charge on any atom is -0.294 e. The van der Waals surface area contributed by atoms with Gasteiger partial charge in [-0.3, -0.25) is 19.3 Å². The molecule has 36 heavy (non-hydrogen) atoms. The molecule has 2 amide bonds. The number of hydrogen-bond acceptors (Lipinski definition) is 4. The van der Waals surface area contributed by atoms with Crippen LogP contribution in [-0.4, -0.2) is 21.6 Å². The molecule has 10 heteroatoms. The van der Waals surface area contributed by atoms with E-state index >= 15 is 0 Å². The predicted molar refractivity (Wildman–Crippen MR) is 125 cm³/mol. The number of anilines is 2. The van der Waals surface area contributed by atoms with Crippen molar-refractivity contribution in [2.24, 2.45) is 7.05 Å². The normalized spacial score (nSPS) is 18.4. The number of amides is 2. The number of aryl methyl sites for hydroxylation is 1. The van der Waals surface area contributed by atoms with Gasteiger partial charge >= 0.3 is 12.2 Å². The third-order valence-corrected chi connectivity index (χ3v) is 6.46. The predicted octanol–water partition coefficient (Wildman–Crippen LogP) is 5.51.